The number of aryl methyl sites for hydroxylation is 1. The number of hydroxylamine groups is 1. The van der Waals surface area contributed by atoms with Crippen LogP contribution in [0.4, 0.5) is 0 Å². The van der Waals surface area contributed by atoms with E-state index in [2.05, 4.69) is 24.3 Å². The molecule has 4 nitrogen and oxygen atoms in total. The zero-order valence-corrected chi connectivity index (χ0v) is 15.0. The van der Waals surface area contributed by atoms with E-state index in [9.17, 15) is 4.79 Å². The van der Waals surface area contributed by atoms with E-state index in [1.807, 2.05) is 54.6 Å². The third kappa shape index (κ3) is 4.61. The fraction of sp³-hybridized carbons (Fsp3) is 0.174. The second-order valence-corrected chi connectivity index (χ2v) is 6.47. The molecule has 0 aromatic heterocycles. The highest BCUT2D eigenvalue weighted by atomic mass is 16.5. The summed E-state index contributed by atoms with van der Waals surface area (Å²) < 4.78 is 0. The molecular weight excluding hydrogens is 338 g/mol. The summed E-state index contributed by atoms with van der Waals surface area (Å²) in [6.45, 7) is 0.202. The summed E-state index contributed by atoms with van der Waals surface area (Å²) in [5.41, 5.74) is 6.77. The molecule has 1 amide bonds. The van der Waals surface area contributed by atoms with E-state index in [1.54, 1.807) is 5.48 Å². The molecule has 3 aromatic carbocycles. The van der Waals surface area contributed by atoms with Crippen LogP contribution in [-0.4, -0.2) is 22.8 Å². The second-order valence-electron chi connectivity index (χ2n) is 6.47. The number of carbonyl (C=O) groups excluding carboxylic acids is 1. The highest BCUT2D eigenvalue weighted by molar-refractivity contribution is 5.86. The quantitative estimate of drug-likeness (QED) is 0.441. The molecule has 0 aliphatic heterocycles. The highest BCUT2D eigenvalue weighted by Gasteiger charge is 2.22. The van der Waals surface area contributed by atoms with Crippen molar-refractivity contribution >= 4 is 5.91 Å². The Morgan fingerprint density at radius 2 is 1.37 bits per heavy atom. The van der Waals surface area contributed by atoms with Crippen molar-refractivity contribution < 1.29 is 15.1 Å². The van der Waals surface area contributed by atoms with Gasteiger partial charge < -0.3 is 5.11 Å². The predicted molar refractivity (Wildman–Crippen MR) is 105 cm³/mol. The van der Waals surface area contributed by atoms with Gasteiger partial charge in [-0.2, -0.15) is 0 Å². The van der Waals surface area contributed by atoms with E-state index < -0.39 is 11.8 Å². The van der Waals surface area contributed by atoms with Crippen molar-refractivity contribution in [1.82, 2.24) is 5.48 Å². The van der Waals surface area contributed by atoms with Crippen molar-refractivity contribution in [3.05, 3.63) is 95.6 Å². The Hall–Kier alpha value is -2.95. The Kier molecular flexibility index (Phi) is 6.36. The molecular formula is C23H23NO3. The largest absolute Gasteiger partial charge is 0.396 e. The summed E-state index contributed by atoms with van der Waals surface area (Å²) in [5.74, 6) is -1.02. The molecule has 0 aliphatic carbocycles. The summed E-state index contributed by atoms with van der Waals surface area (Å²) in [6, 6.07) is 25.5. The van der Waals surface area contributed by atoms with Crippen molar-refractivity contribution in [2.45, 2.75) is 18.8 Å². The third-order valence-electron chi connectivity index (χ3n) is 4.66. The standard InChI is InChI=1S/C23H23NO3/c25-16-4-5-17-8-10-18(11-9-17)19-12-14-21(15-13-19)22(23(26)24-27)20-6-2-1-3-7-20/h1-3,6-15,22,25,27H,4-5,16H2,(H,24,26). The van der Waals surface area contributed by atoms with Gasteiger partial charge >= 0.3 is 0 Å². The summed E-state index contributed by atoms with van der Waals surface area (Å²) >= 11 is 0. The van der Waals surface area contributed by atoms with Crippen LogP contribution in [0.15, 0.2) is 78.9 Å². The lowest BCUT2D eigenvalue weighted by atomic mass is 9.89. The van der Waals surface area contributed by atoms with Crippen LogP contribution in [0.3, 0.4) is 0 Å². The molecule has 0 saturated carbocycles. The Morgan fingerprint density at radius 1 is 0.815 bits per heavy atom. The molecule has 1 unspecified atom stereocenters. The van der Waals surface area contributed by atoms with Gasteiger partial charge in [-0.25, -0.2) is 5.48 Å². The van der Waals surface area contributed by atoms with Gasteiger partial charge in [0.25, 0.3) is 5.91 Å². The molecule has 27 heavy (non-hydrogen) atoms. The third-order valence-corrected chi connectivity index (χ3v) is 4.66. The van der Waals surface area contributed by atoms with E-state index in [0.717, 1.165) is 35.1 Å². The Balaban J connectivity index is 1.84. The number of amides is 1. The number of aliphatic hydroxyl groups is 1. The molecule has 0 aliphatic rings. The van der Waals surface area contributed by atoms with Gasteiger partial charge in [-0.1, -0.05) is 78.9 Å². The van der Waals surface area contributed by atoms with Crippen LogP contribution in [-0.2, 0) is 11.2 Å². The summed E-state index contributed by atoms with van der Waals surface area (Å²) in [4.78, 5) is 12.2. The summed E-state index contributed by atoms with van der Waals surface area (Å²) in [5, 5.41) is 18.1. The first-order valence-electron chi connectivity index (χ1n) is 9.02. The van der Waals surface area contributed by atoms with E-state index in [1.165, 1.54) is 5.56 Å². The monoisotopic (exact) mass is 361 g/mol. The van der Waals surface area contributed by atoms with Crippen molar-refractivity contribution in [3.8, 4) is 11.1 Å². The summed E-state index contributed by atoms with van der Waals surface area (Å²) in [6.07, 6.45) is 1.63. The van der Waals surface area contributed by atoms with Crippen LogP contribution in [0.2, 0.25) is 0 Å². The van der Waals surface area contributed by atoms with Crippen molar-refractivity contribution in [2.75, 3.05) is 6.61 Å². The number of nitrogens with one attached hydrogen (secondary N) is 1. The second kappa shape index (κ2) is 9.12. The first-order valence-corrected chi connectivity index (χ1v) is 9.02. The highest BCUT2D eigenvalue weighted by Crippen LogP contribution is 2.28. The van der Waals surface area contributed by atoms with Gasteiger partial charge in [0.15, 0.2) is 0 Å². The van der Waals surface area contributed by atoms with E-state index in [0.29, 0.717) is 0 Å². The molecule has 3 N–H and O–H groups in total. The molecule has 0 saturated heterocycles. The van der Waals surface area contributed by atoms with Gasteiger partial charge in [-0.15, -0.1) is 0 Å². The smallest absolute Gasteiger partial charge is 0.255 e. The van der Waals surface area contributed by atoms with Gasteiger partial charge in [0, 0.05) is 6.61 Å². The minimum atomic E-state index is -0.564. The number of carbonyl (C=O) groups is 1. The minimum absolute atomic E-state index is 0.202. The van der Waals surface area contributed by atoms with Crippen LogP contribution >= 0.6 is 0 Å². The molecule has 3 aromatic rings. The maximum absolute atomic E-state index is 12.2. The molecule has 0 spiro atoms. The molecule has 0 bridgehead atoms. The van der Waals surface area contributed by atoms with Crippen LogP contribution in [0, 0.1) is 0 Å². The van der Waals surface area contributed by atoms with Crippen molar-refractivity contribution in [2.24, 2.45) is 0 Å². The van der Waals surface area contributed by atoms with Gasteiger partial charge in [0.1, 0.15) is 0 Å². The zero-order valence-electron chi connectivity index (χ0n) is 15.0. The normalized spacial score (nSPS) is 11.8. The number of rotatable bonds is 7. The Morgan fingerprint density at radius 3 is 1.93 bits per heavy atom. The first-order chi connectivity index (χ1) is 13.2. The van der Waals surface area contributed by atoms with Gasteiger partial charge in [0.05, 0.1) is 5.92 Å². The molecule has 0 fully saturated rings. The topological polar surface area (TPSA) is 69.6 Å². The van der Waals surface area contributed by atoms with E-state index in [-0.39, 0.29) is 6.61 Å². The number of hydrogen-bond acceptors (Lipinski definition) is 3. The van der Waals surface area contributed by atoms with Crippen LogP contribution in [0.5, 0.6) is 0 Å². The average Bonchev–Trinajstić information content (AvgIpc) is 2.74. The lowest BCUT2D eigenvalue weighted by molar-refractivity contribution is -0.129. The fourth-order valence-electron chi connectivity index (χ4n) is 3.22. The van der Waals surface area contributed by atoms with Crippen LogP contribution < -0.4 is 5.48 Å². The average molecular weight is 361 g/mol. The SMILES string of the molecule is O=C(NO)C(c1ccccc1)c1ccc(-c2ccc(CCCO)cc2)cc1. The van der Waals surface area contributed by atoms with Gasteiger partial charge in [-0.05, 0) is 40.7 Å². The molecule has 138 valence electrons. The van der Waals surface area contributed by atoms with E-state index in [4.69, 9.17) is 10.3 Å². The maximum Gasteiger partial charge on any atom is 0.255 e. The number of hydrogen-bond donors (Lipinski definition) is 3. The molecule has 4 heteroatoms. The number of benzene rings is 3. The van der Waals surface area contributed by atoms with Gasteiger partial charge in [0.2, 0.25) is 0 Å². The van der Waals surface area contributed by atoms with Gasteiger partial charge in [-0.3, -0.25) is 10.0 Å². The first kappa shape index (κ1) is 18.8. The maximum atomic E-state index is 12.2. The molecule has 1 atom stereocenters. The fourth-order valence-corrected chi connectivity index (χ4v) is 3.22. The Labute approximate surface area is 159 Å². The lowest BCUT2D eigenvalue weighted by Crippen LogP contribution is -2.27. The minimum Gasteiger partial charge on any atom is -0.396 e. The zero-order chi connectivity index (χ0) is 19.1. The van der Waals surface area contributed by atoms with Crippen molar-refractivity contribution in [3.63, 3.8) is 0 Å². The van der Waals surface area contributed by atoms with Crippen LogP contribution in [0.25, 0.3) is 11.1 Å². The molecule has 3 rings (SSSR count). The molecule has 0 heterocycles. The lowest BCUT2D eigenvalue weighted by Gasteiger charge is -2.16. The number of aliphatic hydroxyl groups excluding tert-OH is 1. The van der Waals surface area contributed by atoms with E-state index >= 15 is 0 Å². The summed E-state index contributed by atoms with van der Waals surface area (Å²) in [7, 11) is 0. The molecule has 0 radical (unpaired) electrons. The Bertz CT molecular complexity index is 858. The van der Waals surface area contributed by atoms with Crippen LogP contribution in [0.1, 0.15) is 29.0 Å². The van der Waals surface area contributed by atoms with Crippen molar-refractivity contribution in [1.29, 1.82) is 0 Å². The predicted octanol–water partition coefficient (Wildman–Crippen LogP) is 3.92.